The lowest BCUT2D eigenvalue weighted by molar-refractivity contribution is 0.660. The van der Waals surface area contributed by atoms with Crippen LogP contribution in [0.4, 0.5) is 17.1 Å². The third kappa shape index (κ3) is 5.46. The summed E-state index contributed by atoms with van der Waals surface area (Å²) in [5.41, 5.74) is 21.5. The number of benzene rings is 9. The largest absolute Gasteiger partial charge is 0.310 e. The van der Waals surface area contributed by atoms with Crippen molar-refractivity contribution >= 4 is 48.6 Å². The first kappa shape index (κ1) is 36.8. The molecule has 10 aromatic rings. The number of nitrogens with zero attached hydrogens (tertiary/aromatic N) is 1. The van der Waals surface area contributed by atoms with E-state index >= 15 is 0 Å². The molecular weight excluding hydrogens is 767 g/mol. The van der Waals surface area contributed by atoms with Crippen molar-refractivity contribution < 1.29 is 0 Å². The molecule has 0 atom stereocenters. The molecule has 1 nitrogen and oxygen atoms in total. The quantitative estimate of drug-likeness (QED) is 0.162. The molecule has 9 aromatic carbocycles. The summed E-state index contributed by atoms with van der Waals surface area (Å²) in [6.07, 6.45) is 0. The second-order valence-electron chi connectivity index (χ2n) is 18.1. The Hall–Kier alpha value is -7.00. The van der Waals surface area contributed by atoms with Crippen LogP contribution in [0.5, 0.6) is 0 Å². The van der Waals surface area contributed by atoms with Gasteiger partial charge in [-0.05, 0) is 121 Å². The summed E-state index contributed by atoms with van der Waals surface area (Å²) in [6, 6.07) is 74.7. The Morgan fingerprint density at radius 3 is 1.60 bits per heavy atom. The zero-order chi connectivity index (χ0) is 41.7. The predicted octanol–water partition coefficient (Wildman–Crippen LogP) is 17.1. The van der Waals surface area contributed by atoms with E-state index < -0.39 is 0 Å². The minimum Gasteiger partial charge on any atom is -0.310 e. The SMILES string of the molecule is CC1(C)c2ccccc2-c2ccc(-c3ccc(N(c4ccc(-c5cccc6sc7ccccc7c56)cc4)c4ccccc4-c4cccc5c4C(C)(C)c4ccccc4-5)cc3)cc21. The summed E-state index contributed by atoms with van der Waals surface area (Å²) in [5.74, 6) is 0. The second kappa shape index (κ2) is 13.8. The van der Waals surface area contributed by atoms with Crippen LogP contribution in [0, 0.1) is 0 Å². The smallest absolute Gasteiger partial charge is 0.0540 e. The Balaban J connectivity index is 1.000. The Kier molecular flexibility index (Phi) is 8.17. The molecule has 296 valence electrons. The topological polar surface area (TPSA) is 3.24 Å². The molecule has 1 heterocycles. The molecule has 1 aromatic heterocycles. The summed E-state index contributed by atoms with van der Waals surface area (Å²) >= 11 is 1.87. The van der Waals surface area contributed by atoms with Crippen molar-refractivity contribution in [1.29, 1.82) is 0 Å². The highest BCUT2D eigenvalue weighted by Gasteiger charge is 2.38. The van der Waals surface area contributed by atoms with Gasteiger partial charge in [-0.3, -0.25) is 0 Å². The zero-order valence-corrected chi connectivity index (χ0v) is 36.2. The molecule has 0 radical (unpaired) electrons. The van der Waals surface area contributed by atoms with Crippen LogP contribution in [0.25, 0.3) is 75.8 Å². The van der Waals surface area contributed by atoms with Gasteiger partial charge in [-0.2, -0.15) is 0 Å². The Morgan fingerprint density at radius 1 is 0.355 bits per heavy atom. The minimum atomic E-state index is -0.150. The van der Waals surface area contributed by atoms with Crippen LogP contribution in [0.1, 0.15) is 49.9 Å². The van der Waals surface area contributed by atoms with E-state index in [1.807, 2.05) is 11.3 Å². The summed E-state index contributed by atoms with van der Waals surface area (Å²) in [5, 5.41) is 2.65. The Labute approximate surface area is 368 Å². The van der Waals surface area contributed by atoms with Gasteiger partial charge in [-0.15, -0.1) is 11.3 Å². The third-order valence-corrected chi connectivity index (χ3v) is 15.0. The molecule has 0 N–H and O–H groups in total. The van der Waals surface area contributed by atoms with Gasteiger partial charge in [0.25, 0.3) is 0 Å². The molecule has 0 saturated heterocycles. The van der Waals surface area contributed by atoms with Crippen molar-refractivity contribution in [3.63, 3.8) is 0 Å². The first-order valence-corrected chi connectivity index (χ1v) is 22.6. The number of hydrogen-bond acceptors (Lipinski definition) is 2. The van der Waals surface area contributed by atoms with E-state index in [0.717, 1.165) is 17.1 Å². The van der Waals surface area contributed by atoms with Gasteiger partial charge in [0.05, 0.1) is 5.69 Å². The van der Waals surface area contributed by atoms with Gasteiger partial charge in [0.2, 0.25) is 0 Å². The van der Waals surface area contributed by atoms with E-state index in [2.05, 4.69) is 233 Å². The van der Waals surface area contributed by atoms with Crippen LogP contribution >= 0.6 is 11.3 Å². The van der Waals surface area contributed by atoms with Crippen LogP contribution in [0.3, 0.4) is 0 Å². The molecular formula is C60H45NS. The number of rotatable bonds is 6. The molecule has 12 rings (SSSR count). The number of para-hydroxylation sites is 1. The first-order chi connectivity index (χ1) is 30.3. The van der Waals surface area contributed by atoms with Gasteiger partial charge in [0.1, 0.15) is 0 Å². The summed E-state index contributed by atoms with van der Waals surface area (Å²) < 4.78 is 2.64. The number of anilines is 3. The van der Waals surface area contributed by atoms with Crippen LogP contribution in [0.15, 0.2) is 200 Å². The van der Waals surface area contributed by atoms with Crippen LogP contribution in [0.2, 0.25) is 0 Å². The minimum absolute atomic E-state index is 0.0514. The van der Waals surface area contributed by atoms with E-state index in [1.54, 1.807) is 0 Å². The Morgan fingerprint density at radius 2 is 0.855 bits per heavy atom. The molecule has 2 aliphatic carbocycles. The van der Waals surface area contributed by atoms with Gasteiger partial charge in [0, 0.05) is 47.9 Å². The molecule has 2 heteroatoms. The zero-order valence-electron chi connectivity index (χ0n) is 35.4. The van der Waals surface area contributed by atoms with Gasteiger partial charge >= 0.3 is 0 Å². The number of fused-ring (bicyclic) bond motifs is 9. The third-order valence-electron chi connectivity index (χ3n) is 13.9. The monoisotopic (exact) mass is 811 g/mol. The number of thiophene rings is 1. The molecule has 0 saturated carbocycles. The Bertz CT molecular complexity index is 3400. The second-order valence-corrected chi connectivity index (χ2v) is 19.1. The first-order valence-electron chi connectivity index (χ1n) is 21.8. The van der Waals surface area contributed by atoms with E-state index in [1.165, 1.54) is 98.1 Å². The summed E-state index contributed by atoms with van der Waals surface area (Å²) in [7, 11) is 0. The van der Waals surface area contributed by atoms with Gasteiger partial charge in [0.15, 0.2) is 0 Å². The standard InChI is InChI=1S/C60H45NS/c1-59(2)51-22-9-5-15-44(51)46-36-31-40(37-53(46)59)38-27-32-41(33-28-38)61(42-34-29-39(30-35-42)43-19-14-26-56-57(43)50-18-8-12-25-55(50)62-56)54-24-11-7-17-47(54)49-21-13-20-48-45-16-6-10-23-52(45)60(3,4)58(48)49/h5-37H,1-4H3. The molecule has 0 aliphatic heterocycles. The maximum Gasteiger partial charge on any atom is 0.0540 e. The van der Waals surface area contributed by atoms with E-state index in [0.29, 0.717) is 0 Å². The highest BCUT2D eigenvalue weighted by molar-refractivity contribution is 7.25. The van der Waals surface area contributed by atoms with E-state index in [4.69, 9.17) is 0 Å². The lowest BCUT2D eigenvalue weighted by Gasteiger charge is -2.30. The molecule has 0 spiro atoms. The normalized spacial score (nSPS) is 14.1. The fraction of sp³-hybridized carbons (Fsp3) is 0.100. The fourth-order valence-electron chi connectivity index (χ4n) is 10.9. The van der Waals surface area contributed by atoms with Crippen LogP contribution in [-0.4, -0.2) is 0 Å². The van der Waals surface area contributed by atoms with E-state index in [9.17, 15) is 0 Å². The lowest BCUT2D eigenvalue weighted by atomic mass is 9.78. The summed E-state index contributed by atoms with van der Waals surface area (Å²) in [4.78, 5) is 2.46. The highest BCUT2D eigenvalue weighted by atomic mass is 32.1. The van der Waals surface area contributed by atoms with Gasteiger partial charge in [-0.25, -0.2) is 0 Å². The maximum absolute atomic E-state index is 2.46. The number of hydrogen-bond donors (Lipinski definition) is 0. The van der Waals surface area contributed by atoms with Crippen molar-refractivity contribution in [3.05, 3.63) is 222 Å². The summed E-state index contributed by atoms with van der Waals surface area (Å²) in [6.45, 7) is 9.48. The maximum atomic E-state index is 2.46. The van der Waals surface area contributed by atoms with Crippen molar-refractivity contribution in [2.45, 2.75) is 38.5 Å². The molecule has 0 fully saturated rings. The van der Waals surface area contributed by atoms with Crippen molar-refractivity contribution in [2.75, 3.05) is 4.90 Å². The molecule has 0 unspecified atom stereocenters. The van der Waals surface area contributed by atoms with Gasteiger partial charge in [-0.1, -0.05) is 179 Å². The van der Waals surface area contributed by atoms with Crippen LogP contribution < -0.4 is 4.90 Å². The molecule has 0 bridgehead atoms. The van der Waals surface area contributed by atoms with Crippen molar-refractivity contribution in [2.24, 2.45) is 0 Å². The van der Waals surface area contributed by atoms with E-state index in [-0.39, 0.29) is 10.8 Å². The molecule has 0 amide bonds. The van der Waals surface area contributed by atoms with Gasteiger partial charge < -0.3 is 4.90 Å². The fourth-order valence-corrected chi connectivity index (χ4v) is 12.0. The molecule has 2 aliphatic rings. The molecule has 62 heavy (non-hydrogen) atoms. The average Bonchev–Trinajstić information content (AvgIpc) is 3.90. The van der Waals surface area contributed by atoms with Crippen molar-refractivity contribution in [3.8, 4) is 55.6 Å². The average molecular weight is 812 g/mol. The lowest BCUT2D eigenvalue weighted by Crippen LogP contribution is -2.17. The van der Waals surface area contributed by atoms with Crippen molar-refractivity contribution in [1.82, 2.24) is 0 Å². The highest BCUT2D eigenvalue weighted by Crippen LogP contribution is 2.54. The predicted molar refractivity (Wildman–Crippen MR) is 265 cm³/mol. The van der Waals surface area contributed by atoms with Crippen LogP contribution in [-0.2, 0) is 10.8 Å².